The Bertz CT molecular complexity index is 561. The molecule has 0 aliphatic carbocycles. The number of hydrogen-bond donors (Lipinski definition) is 0. The Labute approximate surface area is 108 Å². The van der Waals surface area contributed by atoms with Crippen molar-refractivity contribution in [3.8, 4) is 6.07 Å². The molecule has 3 nitrogen and oxygen atoms in total. The molecule has 0 saturated carbocycles. The normalized spacial score (nSPS) is 9.71. The molecule has 17 heavy (non-hydrogen) atoms. The van der Waals surface area contributed by atoms with Gasteiger partial charge < -0.3 is 4.90 Å². The number of anilines is 2. The van der Waals surface area contributed by atoms with Gasteiger partial charge in [-0.25, -0.2) is 0 Å². The number of pyridine rings is 1. The van der Waals surface area contributed by atoms with Gasteiger partial charge >= 0.3 is 0 Å². The van der Waals surface area contributed by atoms with E-state index < -0.39 is 0 Å². The van der Waals surface area contributed by atoms with Gasteiger partial charge in [0.2, 0.25) is 0 Å². The topological polar surface area (TPSA) is 39.9 Å². The van der Waals surface area contributed by atoms with E-state index in [0.29, 0.717) is 5.56 Å². The zero-order valence-corrected chi connectivity index (χ0v) is 10.8. The Morgan fingerprint density at radius 1 is 1.35 bits per heavy atom. The molecule has 0 atom stereocenters. The van der Waals surface area contributed by atoms with Crippen LogP contribution in [0.1, 0.15) is 5.56 Å². The first-order valence-electron chi connectivity index (χ1n) is 5.06. The van der Waals surface area contributed by atoms with Crippen molar-refractivity contribution in [1.29, 1.82) is 5.26 Å². The van der Waals surface area contributed by atoms with Gasteiger partial charge in [0.15, 0.2) is 0 Å². The molecule has 2 rings (SSSR count). The van der Waals surface area contributed by atoms with Crippen molar-refractivity contribution in [2.75, 3.05) is 11.9 Å². The fourth-order valence-electron chi connectivity index (χ4n) is 1.58. The lowest BCUT2D eigenvalue weighted by molar-refractivity contribution is 1.17. The van der Waals surface area contributed by atoms with Gasteiger partial charge in [0, 0.05) is 17.7 Å². The molecule has 84 valence electrons. The van der Waals surface area contributed by atoms with Gasteiger partial charge in [-0.3, -0.25) is 4.98 Å². The molecule has 0 unspecified atom stereocenters. The maximum Gasteiger partial charge on any atom is 0.101 e. The third kappa shape index (κ3) is 2.45. The Balaban J connectivity index is 2.45. The van der Waals surface area contributed by atoms with Crippen LogP contribution < -0.4 is 4.90 Å². The Morgan fingerprint density at radius 2 is 2.18 bits per heavy atom. The van der Waals surface area contributed by atoms with E-state index in [1.165, 1.54) is 0 Å². The molecule has 4 heteroatoms. The largest absolute Gasteiger partial charge is 0.342 e. The molecule has 0 radical (unpaired) electrons. The second-order valence-corrected chi connectivity index (χ2v) is 4.46. The number of aromatic nitrogens is 1. The van der Waals surface area contributed by atoms with Gasteiger partial charge in [-0.1, -0.05) is 15.9 Å². The number of benzene rings is 1. The average molecular weight is 288 g/mol. The number of hydrogen-bond acceptors (Lipinski definition) is 3. The zero-order valence-electron chi connectivity index (χ0n) is 9.26. The number of halogens is 1. The van der Waals surface area contributed by atoms with E-state index in [9.17, 15) is 0 Å². The van der Waals surface area contributed by atoms with E-state index >= 15 is 0 Å². The summed E-state index contributed by atoms with van der Waals surface area (Å²) in [7, 11) is 1.92. The van der Waals surface area contributed by atoms with E-state index in [1.807, 2.05) is 42.3 Å². The molecule has 1 aromatic heterocycles. The third-order valence-electron chi connectivity index (χ3n) is 2.47. The van der Waals surface area contributed by atoms with Crippen molar-refractivity contribution in [2.24, 2.45) is 0 Å². The smallest absolute Gasteiger partial charge is 0.101 e. The minimum atomic E-state index is 0.630. The van der Waals surface area contributed by atoms with Crippen LogP contribution >= 0.6 is 15.9 Å². The van der Waals surface area contributed by atoms with Gasteiger partial charge in [-0.2, -0.15) is 5.26 Å². The summed E-state index contributed by atoms with van der Waals surface area (Å²) in [5.41, 5.74) is 2.45. The molecular formula is C13H10BrN3. The standard InChI is InChI=1S/C13H10BrN3/c1-17(12-3-2-6-16-9-12)13-5-4-11(14)7-10(13)8-15/h2-7,9H,1H3. The highest BCUT2D eigenvalue weighted by atomic mass is 79.9. The zero-order chi connectivity index (χ0) is 12.3. The highest BCUT2D eigenvalue weighted by Crippen LogP contribution is 2.28. The van der Waals surface area contributed by atoms with Crippen LogP contribution in [0.15, 0.2) is 47.2 Å². The summed E-state index contributed by atoms with van der Waals surface area (Å²) in [5.74, 6) is 0. The molecule has 0 amide bonds. The van der Waals surface area contributed by atoms with Gasteiger partial charge in [-0.15, -0.1) is 0 Å². The van der Waals surface area contributed by atoms with E-state index in [2.05, 4.69) is 27.0 Å². The van der Waals surface area contributed by atoms with E-state index in [0.717, 1.165) is 15.8 Å². The number of nitriles is 1. The second kappa shape index (κ2) is 4.98. The Hall–Kier alpha value is -1.86. The maximum absolute atomic E-state index is 9.13. The van der Waals surface area contributed by atoms with Crippen LogP contribution in [0.2, 0.25) is 0 Å². The van der Waals surface area contributed by atoms with Crippen LogP contribution in [0.25, 0.3) is 0 Å². The monoisotopic (exact) mass is 287 g/mol. The summed E-state index contributed by atoms with van der Waals surface area (Å²) in [4.78, 5) is 6.01. The van der Waals surface area contributed by atoms with Crippen LogP contribution in [-0.4, -0.2) is 12.0 Å². The summed E-state index contributed by atoms with van der Waals surface area (Å²) in [6, 6.07) is 11.7. The first-order chi connectivity index (χ1) is 8.22. The first-order valence-corrected chi connectivity index (χ1v) is 5.85. The number of nitrogens with zero attached hydrogens (tertiary/aromatic N) is 3. The highest BCUT2D eigenvalue weighted by molar-refractivity contribution is 9.10. The molecule has 0 spiro atoms. The predicted octanol–water partition coefficient (Wildman–Crippen LogP) is 3.48. The molecule has 0 bridgehead atoms. The van der Waals surface area contributed by atoms with Crippen LogP contribution in [-0.2, 0) is 0 Å². The molecule has 0 saturated heterocycles. The lowest BCUT2D eigenvalue weighted by atomic mass is 10.1. The van der Waals surface area contributed by atoms with Crippen LogP contribution in [0.5, 0.6) is 0 Å². The van der Waals surface area contributed by atoms with Gasteiger partial charge in [-0.05, 0) is 30.3 Å². The molecule has 0 fully saturated rings. The Morgan fingerprint density at radius 3 is 2.82 bits per heavy atom. The van der Waals surface area contributed by atoms with Crippen molar-refractivity contribution >= 4 is 27.3 Å². The van der Waals surface area contributed by atoms with Gasteiger partial charge in [0.05, 0.1) is 23.1 Å². The lowest BCUT2D eigenvalue weighted by Gasteiger charge is -2.20. The fourth-order valence-corrected chi connectivity index (χ4v) is 1.94. The van der Waals surface area contributed by atoms with Gasteiger partial charge in [0.1, 0.15) is 6.07 Å². The van der Waals surface area contributed by atoms with Crippen molar-refractivity contribution in [2.45, 2.75) is 0 Å². The highest BCUT2D eigenvalue weighted by Gasteiger charge is 2.09. The van der Waals surface area contributed by atoms with Crippen molar-refractivity contribution in [3.05, 3.63) is 52.8 Å². The van der Waals surface area contributed by atoms with Crippen LogP contribution in [0.3, 0.4) is 0 Å². The summed E-state index contributed by atoms with van der Waals surface area (Å²) in [5, 5.41) is 9.13. The van der Waals surface area contributed by atoms with Gasteiger partial charge in [0.25, 0.3) is 0 Å². The minimum Gasteiger partial charge on any atom is -0.342 e. The van der Waals surface area contributed by atoms with Crippen LogP contribution in [0.4, 0.5) is 11.4 Å². The maximum atomic E-state index is 9.13. The summed E-state index contributed by atoms with van der Waals surface area (Å²) >= 11 is 3.36. The summed E-state index contributed by atoms with van der Waals surface area (Å²) < 4.78 is 0.900. The summed E-state index contributed by atoms with van der Waals surface area (Å²) in [6.07, 6.45) is 3.49. The Kier molecular flexibility index (Phi) is 3.40. The molecule has 1 aromatic carbocycles. The van der Waals surface area contributed by atoms with Crippen molar-refractivity contribution in [1.82, 2.24) is 4.98 Å². The summed E-state index contributed by atoms with van der Waals surface area (Å²) in [6.45, 7) is 0. The van der Waals surface area contributed by atoms with Crippen molar-refractivity contribution < 1.29 is 0 Å². The van der Waals surface area contributed by atoms with E-state index in [4.69, 9.17) is 5.26 Å². The van der Waals surface area contributed by atoms with Crippen LogP contribution in [0, 0.1) is 11.3 Å². The minimum absolute atomic E-state index is 0.630. The van der Waals surface area contributed by atoms with E-state index in [-0.39, 0.29) is 0 Å². The van der Waals surface area contributed by atoms with Crippen molar-refractivity contribution in [3.63, 3.8) is 0 Å². The predicted molar refractivity (Wildman–Crippen MR) is 71.2 cm³/mol. The quantitative estimate of drug-likeness (QED) is 0.849. The average Bonchev–Trinajstić information content (AvgIpc) is 2.39. The SMILES string of the molecule is CN(c1cccnc1)c1ccc(Br)cc1C#N. The molecule has 1 heterocycles. The molecule has 0 N–H and O–H groups in total. The molecule has 2 aromatic rings. The lowest BCUT2D eigenvalue weighted by Crippen LogP contribution is -2.11. The second-order valence-electron chi connectivity index (χ2n) is 3.54. The van der Waals surface area contributed by atoms with E-state index in [1.54, 1.807) is 12.4 Å². The molecule has 0 aliphatic heterocycles. The molecule has 0 aliphatic rings. The number of rotatable bonds is 2. The molecular weight excluding hydrogens is 278 g/mol. The fraction of sp³-hybridized carbons (Fsp3) is 0.0769. The third-order valence-corrected chi connectivity index (χ3v) is 2.97. The first kappa shape index (κ1) is 11.6.